The van der Waals surface area contributed by atoms with E-state index in [1.54, 1.807) is 30.5 Å². The molecular formula is C11H11N3O2S2. The van der Waals surface area contributed by atoms with Crippen molar-refractivity contribution in [3.63, 3.8) is 0 Å². The van der Waals surface area contributed by atoms with Gasteiger partial charge in [-0.15, -0.1) is 0 Å². The van der Waals surface area contributed by atoms with Crippen molar-refractivity contribution in [2.75, 3.05) is 12.0 Å². The maximum atomic E-state index is 11.3. The number of nitrogen functional groups attached to an aromatic ring is 1. The van der Waals surface area contributed by atoms with Gasteiger partial charge in [-0.1, -0.05) is 11.8 Å². The smallest absolute Gasteiger partial charge is 0.175 e. The van der Waals surface area contributed by atoms with Gasteiger partial charge in [-0.2, -0.15) is 0 Å². The van der Waals surface area contributed by atoms with Crippen LogP contribution in [0, 0.1) is 0 Å². The van der Waals surface area contributed by atoms with Crippen molar-refractivity contribution in [2.24, 2.45) is 0 Å². The first-order valence-corrected chi connectivity index (χ1v) is 7.71. The fraction of sp³-hybridized carbons (Fsp3) is 0.0909. The summed E-state index contributed by atoms with van der Waals surface area (Å²) in [5.74, 6) is 0.354. The first-order valence-electron chi connectivity index (χ1n) is 5.00. The van der Waals surface area contributed by atoms with Gasteiger partial charge in [0.05, 0.1) is 17.3 Å². The molecule has 0 radical (unpaired) electrons. The third kappa shape index (κ3) is 3.21. The van der Waals surface area contributed by atoms with Crippen LogP contribution in [0.3, 0.4) is 0 Å². The van der Waals surface area contributed by atoms with E-state index in [2.05, 4.69) is 9.97 Å². The summed E-state index contributed by atoms with van der Waals surface area (Å²) in [6.45, 7) is 0. The third-order valence-electron chi connectivity index (χ3n) is 2.11. The van der Waals surface area contributed by atoms with Crippen LogP contribution in [0.25, 0.3) is 0 Å². The molecule has 0 aliphatic rings. The van der Waals surface area contributed by atoms with Crippen molar-refractivity contribution < 1.29 is 8.42 Å². The molecule has 0 amide bonds. The van der Waals surface area contributed by atoms with Crippen molar-refractivity contribution >= 4 is 27.4 Å². The van der Waals surface area contributed by atoms with Crippen LogP contribution in [0.15, 0.2) is 51.5 Å². The summed E-state index contributed by atoms with van der Waals surface area (Å²) < 4.78 is 22.6. The van der Waals surface area contributed by atoms with E-state index in [0.29, 0.717) is 15.7 Å². The molecule has 94 valence electrons. The lowest BCUT2D eigenvalue weighted by Crippen LogP contribution is -1.96. The number of anilines is 1. The van der Waals surface area contributed by atoms with E-state index in [0.717, 1.165) is 4.90 Å². The summed E-state index contributed by atoms with van der Waals surface area (Å²) >= 11 is 1.37. The van der Waals surface area contributed by atoms with Gasteiger partial charge in [0.25, 0.3) is 0 Å². The molecule has 2 rings (SSSR count). The van der Waals surface area contributed by atoms with Crippen molar-refractivity contribution in [3.8, 4) is 0 Å². The molecule has 0 fully saturated rings. The Morgan fingerprint density at radius 2 is 1.83 bits per heavy atom. The highest BCUT2D eigenvalue weighted by Gasteiger charge is 2.07. The summed E-state index contributed by atoms with van der Waals surface area (Å²) in [7, 11) is -3.16. The topological polar surface area (TPSA) is 85.9 Å². The van der Waals surface area contributed by atoms with E-state index in [1.807, 2.05) is 0 Å². The predicted molar refractivity (Wildman–Crippen MR) is 70.1 cm³/mol. The van der Waals surface area contributed by atoms with Crippen molar-refractivity contribution in [1.29, 1.82) is 0 Å². The fourth-order valence-corrected chi connectivity index (χ4v) is 2.70. The number of nitrogens with two attached hydrogens (primary N) is 1. The zero-order chi connectivity index (χ0) is 13.2. The molecule has 0 unspecified atom stereocenters. The minimum Gasteiger partial charge on any atom is -0.382 e. The van der Waals surface area contributed by atoms with Crippen LogP contribution >= 0.6 is 11.8 Å². The van der Waals surface area contributed by atoms with E-state index >= 15 is 0 Å². The second-order valence-corrected chi connectivity index (χ2v) is 6.74. The summed E-state index contributed by atoms with van der Waals surface area (Å²) in [5.41, 5.74) is 5.53. The molecule has 0 atom stereocenters. The molecule has 1 aromatic carbocycles. The van der Waals surface area contributed by atoms with Crippen LogP contribution in [0.5, 0.6) is 0 Å². The minimum absolute atomic E-state index is 0.297. The van der Waals surface area contributed by atoms with Gasteiger partial charge in [-0.3, -0.25) is 4.98 Å². The Balaban J connectivity index is 2.21. The van der Waals surface area contributed by atoms with Gasteiger partial charge >= 0.3 is 0 Å². The normalized spacial score (nSPS) is 11.4. The van der Waals surface area contributed by atoms with Crippen LogP contribution in [0.4, 0.5) is 5.82 Å². The quantitative estimate of drug-likeness (QED) is 0.920. The zero-order valence-electron chi connectivity index (χ0n) is 9.57. The second kappa shape index (κ2) is 4.95. The molecule has 0 aliphatic heterocycles. The third-order valence-corrected chi connectivity index (χ3v) is 4.15. The molecule has 0 bridgehead atoms. The van der Waals surface area contributed by atoms with E-state index in [4.69, 9.17) is 5.73 Å². The lowest BCUT2D eigenvalue weighted by molar-refractivity contribution is 0.602. The predicted octanol–water partition coefficient (Wildman–Crippen LogP) is 1.61. The number of benzene rings is 1. The highest BCUT2D eigenvalue weighted by atomic mass is 32.2. The summed E-state index contributed by atoms with van der Waals surface area (Å²) in [4.78, 5) is 9.21. The van der Waals surface area contributed by atoms with Crippen LogP contribution in [0.1, 0.15) is 0 Å². The number of sulfone groups is 1. The van der Waals surface area contributed by atoms with Gasteiger partial charge in [0.15, 0.2) is 9.84 Å². The average Bonchev–Trinajstić information content (AvgIpc) is 2.28. The number of hydrogen-bond donors (Lipinski definition) is 1. The molecule has 0 saturated carbocycles. The Hall–Kier alpha value is -1.60. The molecule has 2 N–H and O–H groups in total. The summed E-state index contributed by atoms with van der Waals surface area (Å²) in [6, 6.07) is 6.59. The lowest BCUT2D eigenvalue weighted by atomic mass is 10.4. The molecule has 18 heavy (non-hydrogen) atoms. The summed E-state index contributed by atoms with van der Waals surface area (Å²) in [6.07, 6.45) is 4.25. The maximum Gasteiger partial charge on any atom is 0.175 e. The standard InChI is InChI=1S/C11H11N3O2S2/c1-18(15,16)9-4-2-8(3-5-9)17-11-7-13-6-10(12)14-11/h2-7H,1H3,(H2,12,14). The largest absolute Gasteiger partial charge is 0.382 e. The number of nitrogens with zero attached hydrogens (tertiary/aromatic N) is 2. The van der Waals surface area contributed by atoms with Gasteiger partial charge < -0.3 is 5.73 Å². The first kappa shape index (κ1) is 12.8. The molecule has 1 aromatic heterocycles. The number of hydrogen-bond acceptors (Lipinski definition) is 6. The molecule has 0 saturated heterocycles. The van der Waals surface area contributed by atoms with Crippen LogP contribution in [-0.2, 0) is 9.84 Å². The van der Waals surface area contributed by atoms with E-state index < -0.39 is 9.84 Å². The van der Waals surface area contributed by atoms with Crippen LogP contribution < -0.4 is 5.73 Å². The molecule has 1 heterocycles. The Labute approximate surface area is 109 Å². The Morgan fingerprint density at radius 1 is 1.17 bits per heavy atom. The Kier molecular flexibility index (Phi) is 3.53. The molecule has 0 aliphatic carbocycles. The van der Waals surface area contributed by atoms with Crippen LogP contribution in [0.2, 0.25) is 0 Å². The van der Waals surface area contributed by atoms with Crippen LogP contribution in [-0.4, -0.2) is 24.6 Å². The number of rotatable bonds is 3. The Bertz CT molecular complexity index is 654. The minimum atomic E-state index is -3.16. The first-order chi connectivity index (χ1) is 8.45. The van der Waals surface area contributed by atoms with Gasteiger partial charge in [0, 0.05) is 11.2 Å². The van der Waals surface area contributed by atoms with Gasteiger partial charge in [0.2, 0.25) is 0 Å². The van der Waals surface area contributed by atoms with E-state index in [-0.39, 0.29) is 0 Å². The van der Waals surface area contributed by atoms with Crippen molar-refractivity contribution in [1.82, 2.24) is 9.97 Å². The van der Waals surface area contributed by atoms with Gasteiger partial charge in [0.1, 0.15) is 10.8 Å². The molecular weight excluding hydrogens is 270 g/mol. The van der Waals surface area contributed by atoms with E-state index in [1.165, 1.54) is 24.2 Å². The van der Waals surface area contributed by atoms with Crippen molar-refractivity contribution in [2.45, 2.75) is 14.8 Å². The van der Waals surface area contributed by atoms with Gasteiger partial charge in [-0.05, 0) is 24.3 Å². The fourth-order valence-electron chi connectivity index (χ4n) is 1.29. The lowest BCUT2D eigenvalue weighted by Gasteiger charge is -2.02. The van der Waals surface area contributed by atoms with Gasteiger partial charge in [-0.25, -0.2) is 13.4 Å². The average molecular weight is 281 g/mol. The van der Waals surface area contributed by atoms with Crippen molar-refractivity contribution in [3.05, 3.63) is 36.7 Å². The molecule has 7 heteroatoms. The highest BCUT2D eigenvalue weighted by molar-refractivity contribution is 7.99. The molecule has 2 aromatic rings. The Morgan fingerprint density at radius 3 is 2.39 bits per heavy atom. The number of aromatic nitrogens is 2. The summed E-state index contributed by atoms with van der Waals surface area (Å²) in [5, 5.41) is 0.669. The maximum absolute atomic E-state index is 11.3. The molecule has 0 spiro atoms. The highest BCUT2D eigenvalue weighted by Crippen LogP contribution is 2.26. The second-order valence-electron chi connectivity index (χ2n) is 3.63. The monoisotopic (exact) mass is 281 g/mol. The zero-order valence-corrected chi connectivity index (χ0v) is 11.2. The SMILES string of the molecule is CS(=O)(=O)c1ccc(Sc2cncc(N)n2)cc1. The molecule has 5 nitrogen and oxygen atoms in total. The van der Waals surface area contributed by atoms with E-state index in [9.17, 15) is 8.42 Å².